The Morgan fingerprint density at radius 1 is 1.28 bits per heavy atom. The van der Waals surface area contributed by atoms with Crippen molar-refractivity contribution < 1.29 is 9.90 Å². The minimum absolute atomic E-state index is 0.255. The predicted molar refractivity (Wildman–Crippen MR) is 124 cm³/mol. The molecule has 0 atom stereocenters. The van der Waals surface area contributed by atoms with E-state index in [1.54, 1.807) is 17.5 Å². The Balaban J connectivity index is 1.67. The number of hydrogen-bond donors (Lipinski definition) is 1. The first-order valence-corrected chi connectivity index (χ1v) is 11.6. The molecule has 0 bridgehead atoms. The topological polar surface area (TPSA) is 103 Å². The summed E-state index contributed by atoms with van der Waals surface area (Å²) in [6.45, 7) is 7.21. The summed E-state index contributed by atoms with van der Waals surface area (Å²) in [4.78, 5) is 35.6. The summed E-state index contributed by atoms with van der Waals surface area (Å²) >= 11 is 1.68. The second-order valence-corrected chi connectivity index (χ2v) is 9.07. The standard InChI is InChI=1S/C23H27N5O3S/c1-15(2)18-14-32-20(25-18)5-3-16-7-10-28-19(13-16)26-22(27-11-8-24-9-12-27)17(23(28)31)4-6-21(29)30/h4,6-7,10,13-15,24H,3,5,8-9,11-12H2,1-2H3,(H,29,30)/p-1/b6-4+. The maximum absolute atomic E-state index is 13.2. The van der Waals surface area contributed by atoms with Crippen LogP contribution in [0.4, 0.5) is 5.82 Å². The van der Waals surface area contributed by atoms with Gasteiger partial charge in [-0.05, 0) is 42.2 Å². The van der Waals surface area contributed by atoms with Crippen molar-refractivity contribution in [2.24, 2.45) is 0 Å². The summed E-state index contributed by atoms with van der Waals surface area (Å²) in [6, 6.07) is 3.83. The lowest BCUT2D eigenvalue weighted by Gasteiger charge is -2.29. The van der Waals surface area contributed by atoms with E-state index in [1.165, 1.54) is 10.5 Å². The third-order valence-corrected chi connectivity index (χ3v) is 6.43. The molecule has 1 aliphatic rings. The zero-order valence-electron chi connectivity index (χ0n) is 18.2. The van der Waals surface area contributed by atoms with E-state index in [-0.39, 0.29) is 11.1 Å². The van der Waals surface area contributed by atoms with Gasteiger partial charge in [0.1, 0.15) is 11.5 Å². The molecule has 32 heavy (non-hydrogen) atoms. The summed E-state index contributed by atoms with van der Waals surface area (Å²) in [6.07, 6.45) is 5.50. The molecular weight excluding hydrogens is 426 g/mol. The smallest absolute Gasteiger partial charge is 0.267 e. The molecule has 168 valence electrons. The number of anilines is 1. The molecule has 0 radical (unpaired) electrons. The number of carbonyl (C=O) groups is 1. The first-order chi connectivity index (χ1) is 15.4. The average molecular weight is 453 g/mol. The number of piperazine rings is 1. The number of carboxylic acid groups (broad SMARTS) is 1. The van der Waals surface area contributed by atoms with Gasteiger partial charge in [0.2, 0.25) is 0 Å². The van der Waals surface area contributed by atoms with Gasteiger partial charge in [0, 0.05) is 44.2 Å². The Morgan fingerprint density at radius 2 is 2.06 bits per heavy atom. The Hall–Kier alpha value is -3.04. The largest absolute Gasteiger partial charge is 0.545 e. The SMILES string of the molecule is CC(C)c1csc(CCc2ccn3c(=O)c(/C=C/C(=O)[O-])c(N4CCNCC4)nc3c2)n1. The lowest BCUT2D eigenvalue weighted by atomic mass is 10.1. The van der Waals surface area contributed by atoms with Crippen molar-refractivity contribution in [1.29, 1.82) is 0 Å². The zero-order chi connectivity index (χ0) is 22.7. The molecule has 0 spiro atoms. The second kappa shape index (κ2) is 9.62. The fourth-order valence-electron chi connectivity index (χ4n) is 3.71. The number of aromatic nitrogens is 3. The van der Waals surface area contributed by atoms with Crippen molar-refractivity contribution in [3.8, 4) is 0 Å². The highest BCUT2D eigenvalue weighted by Gasteiger charge is 2.19. The molecular formula is C23H26N5O3S-. The quantitative estimate of drug-likeness (QED) is 0.538. The van der Waals surface area contributed by atoms with Crippen molar-refractivity contribution in [3.05, 3.63) is 62.0 Å². The molecule has 0 aromatic carbocycles. The summed E-state index contributed by atoms with van der Waals surface area (Å²) in [5, 5.41) is 17.4. The average Bonchev–Trinajstić information content (AvgIpc) is 3.27. The number of nitrogens with one attached hydrogen (secondary N) is 1. The number of pyridine rings is 1. The monoisotopic (exact) mass is 452 g/mol. The van der Waals surface area contributed by atoms with Crippen LogP contribution in [0, 0.1) is 0 Å². The van der Waals surface area contributed by atoms with Gasteiger partial charge in [0.25, 0.3) is 5.56 Å². The van der Waals surface area contributed by atoms with Crippen LogP contribution < -0.4 is 20.9 Å². The van der Waals surface area contributed by atoms with Crippen LogP contribution in [0.3, 0.4) is 0 Å². The van der Waals surface area contributed by atoms with Crippen molar-refractivity contribution in [2.45, 2.75) is 32.6 Å². The van der Waals surface area contributed by atoms with E-state index in [9.17, 15) is 14.7 Å². The van der Waals surface area contributed by atoms with Gasteiger partial charge < -0.3 is 20.1 Å². The third-order valence-electron chi connectivity index (χ3n) is 5.50. The molecule has 4 rings (SSSR count). The number of carboxylic acids is 1. The molecule has 1 fully saturated rings. The summed E-state index contributed by atoms with van der Waals surface area (Å²) in [5.74, 6) is -0.424. The van der Waals surface area contributed by atoms with E-state index < -0.39 is 5.97 Å². The highest BCUT2D eigenvalue weighted by molar-refractivity contribution is 7.09. The van der Waals surface area contributed by atoms with Crippen LogP contribution in [0.5, 0.6) is 0 Å². The molecule has 8 nitrogen and oxygen atoms in total. The van der Waals surface area contributed by atoms with Crippen molar-refractivity contribution in [2.75, 3.05) is 31.1 Å². The molecule has 0 unspecified atom stereocenters. The van der Waals surface area contributed by atoms with Crippen LogP contribution in [-0.2, 0) is 17.6 Å². The number of fused-ring (bicyclic) bond motifs is 1. The van der Waals surface area contributed by atoms with Gasteiger partial charge in [-0.3, -0.25) is 9.20 Å². The number of nitrogens with zero attached hydrogens (tertiary/aromatic N) is 4. The molecule has 0 saturated carbocycles. The van der Waals surface area contributed by atoms with Crippen LogP contribution in [-0.4, -0.2) is 46.5 Å². The van der Waals surface area contributed by atoms with Gasteiger partial charge in [0.15, 0.2) is 0 Å². The minimum atomic E-state index is -1.35. The normalized spacial score (nSPS) is 14.7. The van der Waals surface area contributed by atoms with Crippen molar-refractivity contribution >= 4 is 34.8 Å². The van der Waals surface area contributed by atoms with E-state index in [0.29, 0.717) is 30.5 Å². The fourth-order valence-corrected chi connectivity index (χ4v) is 4.67. The van der Waals surface area contributed by atoms with Crippen molar-refractivity contribution in [3.63, 3.8) is 0 Å². The van der Waals surface area contributed by atoms with E-state index in [1.807, 2.05) is 17.0 Å². The maximum atomic E-state index is 13.2. The molecule has 3 aromatic rings. The summed E-state index contributed by atoms with van der Waals surface area (Å²) in [7, 11) is 0. The molecule has 3 aromatic heterocycles. The molecule has 0 aliphatic carbocycles. The number of hydrogen-bond acceptors (Lipinski definition) is 8. The lowest BCUT2D eigenvalue weighted by molar-refractivity contribution is -0.297. The number of carbonyl (C=O) groups excluding carboxylic acids is 1. The maximum Gasteiger partial charge on any atom is 0.267 e. The summed E-state index contributed by atoms with van der Waals surface area (Å²) < 4.78 is 1.46. The molecule has 1 N–H and O–H groups in total. The van der Waals surface area contributed by atoms with Gasteiger partial charge >= 0.3 is 0 Å². The van der Waals surface area contributed by atoms with Crippen LogP contribution >= 0.6 is 11.3 Å². The molecule has 0 amide bonds. The van der Waals surface area contributed by atoms with Gasteiger partial charge in [-0.25, -0.2) is 9.97 Å². The molecule has 1 saturated heterocycles. The van der Waals surface area contributed by atoms with Crippen LogP contribution in [0.1, 0.15) is 41.6 Å². The first kappa shape index (κ1) is 22.2. The van der Waals surface area contributed by atoms with E-state index in [4.69, 9.17) is 9.97 Å². The van der Waals surface area contributed by atoms with Gasteiger partial charge in [0.05, 0.1) is 22.2 Å². The number of rotatable bonds is 7. The zero-order valence-corrected chi connectivity index (χ0v) is 19.0. The Labute approximate surface area is 190 Å². The summed E-state index contributed by atoms with van der Waals surface area (Å²) in [5.41, 5.74) is 2.70. The fraction of sp³-hybridized carbons (Fsp3) is 0.391. The highest BCUT2D eigenvalue weighted by Crippen LogP contribution is 2.21. The lowest BCUT2D eigenvalue weighted by Crippen LogP contribution is -2.45. The Morgan fingerprint density at radius 3 is 2.75 bits per heavy atom. The number of thiazole rings is 1. The van der Waals surface area contributed by atoms with Gasteiger partial charge in [-0.2, -0.15) is 0 Å². The Kier molecular flexibility index (Phi) is 6.66. The predicted octanol–water partition coefficient (Wildman–Crippen LogP) is 1.23. The van der Waals surface area contributed by atoms with Crippen molar-refractivity contribution in [1.82, 2.24) is 19.7 Å². The molecule has 9 heteroatoms. The Bertz CT molecular complexity index is 1210. The third kappa shape index (κ3) is 4.89. The van der Waals surface area contributed by atoms with Crippen LogP contribution in [0.15, 0.2) is 34.6 Å². The van der Waals surface area contributed by atoms with Gasteiger partial charge in [-0.15, -0.1) is 11.3 Å². The number of aliphatic carboxylic acids is 1. The second-order valence-electron chi connectivity index (χ2n) is 8.13. The van der Waals surface area contributed by atoms with E-state index in [2.05, 4.69) is 24.5 Å². The molecule has 1 aliphatic heterocycles. The first-order valence-electron chi connectivity index (χ1n) is 10.8. The van der Waals surface area contributed by atoms with Crippen LogP contribution in [0.2, 0.25) is 0 Å². The minimum Gasteiger partial charge on any atom is -0.545 e. The molecule has 4 heterocycles. The van der Waals surface area contributed by atoms with E-state index >= 15 is 0 Å². The van der Waals surface area contributed by atoms with Gasteiger partial charge in [-0.1, -0.05) is 13.8 Å². The van der Waals surface area contributed by atoms with Crippen LogP contribution in [0.25, 0.3) is 11.7 Å². The number of aryl methyl sites for hydroxylation is 2. The highest BCUT2D eigenvalue weighted by atomic mass is 32.1. The van der Waals surface area contributed by atoms with E-state index in [0.717, 1.165) is 48.3 Å².